The molecule has 3 heterocycles. The van der Waals surface area contributed by atoms with Crippen LogP contribution >= 0.6 is 22.9 Å². The maximum Gasteiger partial charge on any atom is 0.338 e. The molecule has 0 bridgehead atoms. The van der Waals surface area contributed by atoms with Gasteiger partial charge in [-0.3, -0.25) is 4.79 Å². The number of esters is 1. The number of Topliss-reactive ketones (excluding diaryl/α,β-unsaturated/α-hetero) is 1. The maximum atomic E-state index is 13.2. The number of nitrogens with one attached hydrogen (secondary N) is 1. The molecule has 0 spiro atoms. The largest absolute Gasteiger partial charge is 0.465 e. The average molecular weight is 513 g/mol. The molecule has 4 rings (SSSR count). The Morgan fingerprint density at radius 2 is 2.09 bits per heavy atom. The molecule has 0 saturated heterocycles. The predicted octanol–water partition coefficient (Wildman–Crippen LogP) is 3.84. The molecule has 0 amide bonds. The minimum atomic E-state index is -4.21. The highest BCUT2D eigenvalue weighted by atomic mass is 35.5. The summed E-state index contributed by atoms with van der Waals surface area (Å²) in [5.41, 5.74) is 2.02. The smallest absolute Gasteiger partial charge is 0.338 e. The summed E-state index contributed by atoms with van der Waals surface area (Å²) in [6.45, 7) is 3.39. The second-order valence-electron chi connectivity index (χ2n) is 7.08. The van der Waals surface area contributed by atoms with E-state index in [1.54, 1.807) is 19.9 Å². The van der Waals surface area contributed by atoms with Gasteiger partial charge in [-0.15, -0.1) is 11.3 Å². The summed E-state index contributed by atoms with van der Waals surface area (Å²) in [5.74, 6) is -0.983. The Kier molecular flexibility index (Phi) is 6.18. The number of halogens is 1. The number of ketones is 1. The lowest BCUT2D eigenvalue weighted by Gasteiger charge is -2.13. The number of nitrogens with zero attached hydrogens (tertiary/aromatic N) is 1. The van der Waals surface area contributed by atoms with E-state index >= 15 is 0 Å². The van der Waals surface area contributed by atoms with E-state index in [0.717, 1.165) is 11.3 Å². The average Bonchev–Trinajstić information content (AvgIpc) is 3.52. The highest BCUT2D eigenvalue weighted by Crippen LogP contribution is 2.36. The van der Waals surface area contributed by atoms with E-state index < -0.39 is 21.8 Å². The van der Waals surface area contributed by atoms with Gasteiger partial charge in [0, 0.05) is 17.5 Å². The van der Waals surface area contributed by atoms with Crippen LogP contribution in [-0.4, -0.2) is 32.4 Å². The van der Waals surface area contributed by atoms with E-state index in [-0.39, 0.29) is 39.3 Å². The standard InChI is InChI=1S/C20H17ClN2O8S2/c1-9-12(13(20(25)28-3)6-11-8-29-31-17(9)11)7-14(24)18-15(4-5-32-18)33(26,27)23-19-16(21)10(2)22-30-19/h4-6,23H,7-8H2,1-3H3. The maximum absolute atomic E-state index is 13.2. The molecule has 3 aromatic rings. The van der Waals surface area contributed by atoms with Crippen LogP contribution in [0.15, 0.2) is 26.9 Å². The summed E-state index contributed by atoms with van der Waals surface area (Å²) in [6, 6.07) is 2.84. The van der Waals surface area contributed by atoms with Crippen molar-refractivity contribution in [2.75, 3.05) is 11.8 Å². The van der Waals surface area contributed by atoms with E-state index in [1.165, 1.54) is 18.6 Å². The van der Waals surface area contributed by atoms with Crippen molar-refractivity contribution in [3.63, 3.8) is 0 Å². The minimum Gasteiger partial charge on any atom is -0.465 e. The first kappa shape index (κ1) is 23.2. The van der Waals surface area contributed by atoms with Crippen LogP contribution in [0, 0.1) is 13.8 Å². The van der Waals surface area contributed by atoms with Gasteiger partial charge in [0.15, 0.2) is 11.5 Å². The molecule has 10 nitrogen and oxygen atoms in total. The molecule has 0 saturated carbocycles. The van der Waals surface area contributed by atoms with Crippen LogP contribution in [0.1, 0.15) is 42.4 Å². The number of carbonyl (C=O) groups excluding carboxylic acids is 2. The summed E-state index contributed by atoms with van der Waals surface area (Å²) >= 11 is 6.95. The fraction of sp³-hybridized carbons (Fsp3) is 0.250. The molecule has 174 valence electrons. The number of aryl methyl sites for hydroxylation is 1. The fourth-order valence-electron chi connectivity index (χ4n) is 3.35. The molecule has 13 heteroatoms. The van der Waals surface area contributed by atoms with Gasteiger partial charge >= 0.3 is 5.97 Å². The van der Waals surface area contributed by atoms with E-state index in [9.17, 15) is 18.0 Å². The van der Waals surface area contributed by atoms with E-state index in [1.807, 2.05) is 0 Å². The number of methoxy groups -OCH3 is 1. The van der Waals surface area contributed by atoms with Gasteiger partial charge in [-0.2, -0.15) is 4.89 Å². The number of fused-ring (bicyclic) bond motifs is 1. The topological polar surface area (TPSA) is 134 Å². The summed E-state index contributed by atoms with van der Waals surface area (Å²) in [5, 5.41) is 5.09. The molecule has 1 N–H and O–H groups in total. The summed E-state index contributed by atoms with van der Waals surface area (Å²) in [7, 11) is -2.98. The molecule has 2 aromatic heterocycles. The van der Waals surface area contributed by atoms with Crippen molar-refractivity contribution in [2.24, 2.45) is 0 Å². The Hall–Kier alpha value is -2.93. The van der Waals surface area contributed by atoms with Gasteiger partial charge in [0.25, 0.3) is 15.9 Å². The van der Waals surface area contributed by atoms with Crippen LogP contribution in [0.4, 0.5) is 5.88 Å². The van der Waals surface area contributed by atoms with Crippen LogP contribution in [0.25, 0.3) is 0 Å². The van der Waals surface area contributed by atoms with Crippen molar-refractivity contribution in [1.82, 2.24) is 5.16 Å². The molecular formula is C20H17ClN2O8S2. The highest BCUT2D eigenvalue weighted by Gasteiger charge is 2.30. The molecule has 0 unspecified atom stereocenters. The Morgan fingerprint density at radius 1 is 1.33 bits per heavy atom. The number of carbonyl (C=O) groups is 2. The van der Waals surface area contributed by atoms with Crippen molar-refractivity contribution in [3.8, 4) is 5.75 Å². The zero-order valence-corrected chi connectivity index (χ0v) is 19.9. The number of sulfonamides is 1. The molecule has 0 aliphatic carbocycles. The molecule has 0 atom stereocenters. The minimum absolute atomic E-state index is 0.0142. The monoisotopic (exact) mass is 512 g/mol. The van der Waals surface area contributed by atoms with Gasteiger partial charge in [-0.1, -0.05) is 16.8 Å². The van der Waals surface area contributed by atoms with Gasteiger partial charge in [-0.05, 0) is 36.9 Å². The van der Waals surface area contributed by atoms with Crippen LogP contribution in [0.5, 0.6) is 5.75 Å². The van der Waals surface area contributed by atoms with Gasteiger partial charge in [0.05, 0.1) is 17.6 Å². The highest BCUT2D eigenvalue weighted by molar-refractivity contribution is 7.93. The number of rotatable bonds is 7. The third-order valence-electron chi connectivity index (χ3n) is 5.02. The van der Waals surface area contributed by atoms with Crippen LogP contribution in [-0.2, 0) is 32.7 Å². The van der Waals surface area contributed by atoms with Gasteiger partial charge < -0.3 is 14.1 Å². The Morgan fingerprint density at radius 3 is 2.76 bits per heavy atom. The van der Waals surface area contributed by atoms with Crippen molar-refractivity contribution in [2.45, 2.75) is 31.8 Å². The third-order valence-corrected chi connectivity index (χ3v) is 7.92. The van der Waals surface area contributed by atoms with Crippen LogP contribution in [0.3, 0.4) is 0 Å². The summed E-state index contributed by atoms with van der Waals surface area (Å²) in [4.78, 5) is 35.5. The zero-order valence-electron chi connectivity index (χ0n) is 17.6. The molecule has 0 fully saturated rings. The summed E-state index contributed by atoms with van der Waals surface area (Å²) in [6.07, 6.45) is -0.266. The first-order valence-electron chi connectivity index (χ1n) is 9.42. The number of benzene rings is 1. The number of anilines is 1. The summed E-state index contributed by atoms with van der Waals surface area (Å²) < 4.78 is 37.8. The second kappa shape index (κ2) is 8.78. The number of hydrogen-bond donors (Lipinski definition) is 1. The number of aromatic nitrogens is 1. The SMILES string of the molecule is COC(=O)c1cc2c(c(C)c1CC(=O)c1sccc1S(=O)(=O)Nc1onc(C)c1Cl)OOC2. The lowest BCUT2D eigenvalue weighted by Crippen LogP contribution is -2.17. The predicted molar refractivity (Wildman–Crippen MR) is 117 cm³/mol. The van der Waals surface area contributed by atoms with Crippen LogP contribution in [0.2, 0.25) is 5.02 Å². The lowest BCUT2D eigenvalue weighted by molar-refractivity contribution is -0.194. The molecular weight excluding hydrogens is 496 g/mol. The van der Waals surface area contributed by atoms with Crippen molar-refractivity contribution < 1.29 is 37.0 Å². The van der Waals surface area contributed by atoms with Crippen molar-refractivity contribution >= 4 is 50.6 Å². The normalized spacial score (nSPS) is 12.8. The van der Waals surface area contributed by atoms with Gasteiger partial charge in [-0.25, -0.2) is 17.9 Å². The second-order valence-corrected chi connectivity index (χ2v) is 10.0. The Bertz CT molecular complexity index is 1380. The fourth-order valence-corrected chi connectivity index (χ4v) is 5.91. The first-order valence-corrected chi connectivity index (χ1v) is 12.2. The number of thiophene rings is 1. The lowest BCUT2D eigenvalue weighted by atomic mass is 9.93. The van der Waals surface area contributed by atoms with Crippen molar-refractivity contribution in [1.29, 1.82) is 0 Å². The Labute approximate surface area is 197 Å². The number of ether oxygens (including phenoxy) is 1. The molecule has 0 radical (unpaired) electrons. The van der Waals surface area contributed by atoms with Crippen molar-refractivity contribution in [3.05, 3.63) is 55.4 Å². The van der Waals surface area contributed by atoms with Crippen LogP contribution < -0.4 is 9.61 Å². The molecule has 33 heavy (non-hydrogen) atoms. The van der Waals surface area contributed by atoms with E-state index in [2.05, 4.69) is 9.88 Å². The third kappa shape index (κ3) is 4.22. The van der Waals surface area contributed by atoms with E-state index in [4.69, 9.17) is 30.6 Å². The molecule has 1 aliphatic heterocycles. The quantitative estimate of drug-likeness (QED) is 0.284. The number of hydrogen-bond acceptors (Lipinski definition) is 10. The molecule has 1 aromatic carbocycles. The van der Waals surface area contributed by atoms with E-state index in [0.29, 0.717) is 28.1 Å². The first-order chi connectivity index (χ1) is 15.6. The Balaban J connectivity index is 1.69. The molecule has 1 aliphatic rings. The zero-order chi connectivity index (χ0) is 23.9. The van der Waals surface area contributed by atoms with Gasteiger partial charge in [0.1, 0.15) is 22.2 Å². The van der Waals surface area contributed by atoms with Gasteiger partial charge in [0.2, 0.25) is 0 Å².